The highest BCUT2D eigenvalue weighted by Crippen LogP contribution is 2.21. The van der Waals surface area contributed by atoms with Gasteiger partial charge < -0.3 is 5.32 Å². The number of amides is 1. The van der Waals surface area contributed by atoms with E-state index >= 15 is 0 Å². The molecule has 5 nitrogen and oxygen atoms in total. The van der Waals surface area contributed by atoms with Crippen LogP contribution < -0.4 is 5.32 Å². The first-order chi connectivity index (χ1) is 12.7. The van der Waals surface area contributed by atoms with E-state index in [-0.39, 0.29) is 31.0 Å². The van der Waals surface area contributed by atoms with E-state index in [1.165, 1.54) is 12.1 Å². The predicted octanol–water partition coefficient (Wildman–Crippen LogP) is 3.49. The van der Waals surface area contributed by atoms with E-state index in [4.69, 9.17) is 0 Å². The Bertz CT molecular complexity index is 913. The largest absolute Gasteiger partial charge is 0.326 e. The average Bonchev–Trinajstić information content (AvgIpc) is 2.60. The van der Waals surface area contributed by atoms with Crippen LogP contribution >= 0.6 is 0 Å². The number of nitrogens with one attached hydrogen (secondary N) is 1. The van der Waals surface area contributed by atoms with E-state index in [0.717, 1.165) is 33.8 Å². The SMILES string of the molecule is CCc1cccc(C)c1NC(=O)CCN(Cc1ccccc1F)S(C)(=O)=O. The van der Waals surface area contributed by atoms with Gasteiger partial charge in [0.1, 0.15) is 5.82 Å². The molecule has 0 fully saturated rings. The first-order valence-electron chi connectivity index (χ1n) is 8.79. The smallest absolute Gasteiger partial charge is 0.225 e. The Morgan fingerprint density at radius 3 is 2.41 bits per heavy atom. The zero-order valence-corrected chi connectivity index (χ0v) is 16.6. The molecule has 1 N–H and O–H groups in total. The summed E-state index contributed by atoms with van der Waals surface area (Å²) in [4.78, 5) is 12.4. The van der Waals surface area contributed by atoms with Crippen molar-refractivity contribution in [3.8, 4) is 0 Å². The lowest BCUT2D eigenvalue weighted by Gasteiger charge is -2.20. The standard InChI is InChI=1S/C20H25FN2O3S/c1-4-16-10-7-8-15(2)20(16)22-19(24)12-13-23(27(3,25)26)14-17-9-5-6-11-18(17)21/h5-11H,4,12-14H2,1-3H3,(H,22,24). The van der Waals surface area contributed by atoms with Gasteiger partial charge in [0, 0.05) is 30.8 Å². The molecular formula is C20H25FN2O3S. The molecule has 0 saturated heterocycles. The molecule has 1 amide bonds. The Balaban J connectivity index is 2.07. The maximum Gasteiger partial charge on any atom is 0.225 e. The number of aryl methyl sites for hydroxylation is 2. The third-order valence-corrected chi connectivity index (χ3v) is 5.62. The molecule has 0 aliphatic heterocycles. The first-order valence-corrected chi connectivity index (χ1v) is 10.6. The van der Waals surface area contributed by atoms with Gasteiger partial charge in [-0.15, -0.1) is 0 Å². The number of benzene rings is 2. The van der Waals surface area contributed by atoms with Crippen LogP contribution in [0, 0.1) is 12.7 Å². The number of hydrogen-bond acceptors (Lipinski definition) is 3. The van der Waals surface area contributed by atoms with Crippen molar-refractivity contribution in [2.75, 3.05) is 18.1 Å². The van der Waals surface area contributed by atoms with Crippen molar-refractivity contribution in [3.63, 3.8) is 0 Å². The third-order valence-electron chi connectivity index (χ3n) is 4.37. The van der Waals surface area contributed by atoms with E-state index in [9.17, 15) is 17.6 Å². The molecule has 0 saturated carbocycles. The summed E-state index contributed by atoms with van der Waals surface area (Å²) in [5, 5.41) is 2.88. The number of hydrogen-bond donors (Lipinski definition) is 1. The second kappa shape index (κ2) is 9.10. The van der Waals surface area contributed by atoms with E-state index in [2.05, 4.69) is 5.32 Å². The molecule has 7 heteroatoms. The molecule has 146 valence electrons. The van der Waals surface area contributed by atoms with E-state index in [0.29, 0.717) is 0 Å². The van der Waals surface area contributed by atoms with Crippen LogP contribution in [0.1, 0.15) is 30.0 Å². The molecule has 0 radical (unpaired) electrons. The normalized spacial score (nSPS) is 11.6. The maximum atomic E-state index is 13.9. The molecular weight excluding hydrogens is 367 g/mol. The highest BCUT2D eigenvalue weighted by Gasteiger charge is 2.20. The summed E-state index contributed by atoms with van der Waals surface area (Å²) in [6.45, 7) is 3.79. The Labute approximate surface area is 160 Å². The molecule has 0 unspecified atom stereocenters. The van der Waals surface area contributed by atoms with Crippen molar-refractivity contribution >= 4 is 21.6 Å². The number of halogens is 1. The number of nitrogens with zero attached hydrogens (tertiary/aromatic N) is 1. The molecule has 0 spiro atoms. The minimum atomic E-state index is -3.58. The monoisotopic (exact) mass is 392 g/mol. The van der Waals surface area contributed by atoms with Crippen LogP contribution in [0.25, 0.3) is 0 Å². The van der Waals surface area contributed by atoms with Gasteiger partial charge in [-0.2, -0.15) is 4.31 Å². The minimum Gasteiger partial charge on any atom is -0.326 e. The molecule has 0 aliphatic rings. The van der Waals surface area contributed by atoms with Gasteiger partial charge in [0.05, 0.1) is 6.26 Å². The zero-order chi connectivity index (χ0) is 20.0. The number of carbonyl (C=O) groups excluding carboxylic acids is 1. The summed E-state index contributed by atoms with van der Waals surface area (Å²) in [6, 6.07) is 11.8. The fourth-order valence-corrected chi connectivity index (χ4v) is 3.61. The lowest BCUT2D eigenvalue weighted by molar-refractivity contribution is -0.116. The molecule has 0 aromatic heterocycles. The van der Waals surface area contributed by atoms with Crippen LogP contribution in [0.3, 0.4) is 0 Å². The van der Waals surface area contributed by atoms with Crippen molar-refractivity contribution in [1.82, 2.24) is 4.31 Å². The van der Waals surface area contributed by atoms with E-state index in [1.54, 1.807) is 12.1 Å². The summed E-state index contributed by atoms with van der Waals surface area (Å²) in [5.74, 6) is -0.746. The van der Waals surface area contributed by atoms with Gasteiger partial charge in [-0.3, -0.25) is 4.79 Å². The lowest BCUT2D eigenvalue weighted by atomic mass is 10.1. The van der Waals surface area contributed by atoms with Crippen LogP contribution in [0.15, 0.2) is 42.5 Å². The van der Waals surface area contributed by atoms with Crippen LogP contribution in [0.5, 0.6) is 0 Å². The Morgan fingerprint density at radius 1 is 1.11 bits per heavy atom. The topological polar surface area (TPSA) is 66.5 Å². The Kier molecular flexibility index (Phi) is 7.10. The predicted molar refractivity (Wildman–Crippen MR) is 105 cm³/mol. The lowest BCUT2D eigenvalue weighted by Crippen LogP contribution is -2.33. The summed E-state index contributed by atoms with van der Waals surface area (Å²) >= 11 is 0. The maximum absolute atomic E-state index is 13.9. The summed E-state index contributed by atoms with van der Waals surface area (Å²) < 4.78 is 39.1. The summed E-state index contributed by atoms with van der Waals surface area (Å²) in [5.41, 5.74) is 3.02. The first kappa shape index (κ1) is 21.1. The van der Waals surface area contributed by atoms with Gasteiger partial charge >= 0.3 is 0 Å². The number of anilines is 1. The third kappa shape index (κ3) is 5.87. The summed E-state index contributed by atoms with van der Waals surface area (Å²) in [7, 11) is -3.58. The van der Waals surface area contributed by atoms with Crippen LogP contribution in [-0.4, -0.2) is 31.4 Å². The van der Waals surface area contributed by atoms with Crippen molar-refractivity contribution in [1.29, 1.82) is 0 Å². The van der Waals surface area contributed by atoms with Gasteiger partial charge in [-0.25, -0.2) is 12.8 Å². The zero-order valence-electron chi connectivity index (χ0n) is 15.8. The van der Waals surface area contributed by atoms with Gasteiger partial charge in [0.2, 0.25) is 15.9 Å². The molecule has 0 atom stereocenters. The molecule has 0 bridgehead atoms. The van der Waals surface area contributed by atoms with Gasteiger partial charge in [0.25, 0.3) is 0 Å². The fraction of sp³-hybridized carbons (Fsp3) is 0.350. The molecule has 2 aromatic carbocycles. The highest BCUT2D eigenvalue weighted by molar-refractivity contribution is 7.88. The fourth-order valence-electron chi connectivity index (χ4n) is 2.81. The van der Waals surface area contributed by atoms with Crippen molar-refractivity contribution in [2.45, 2.75) is 33.2 Å². The highest BCUT2D eigenvalue weighted by atomic mass is 32.2. The van der Waals surface area contributed by atoms with E-state index in [1.807, 2.05) is 32.0 Å². The van der Waals surface area contributed by atoms with Crippen molar-refractivity contribution < 1.29 is 17.6 Å². The molecule has 27 heavy (non-hydrogen) atoms. The second-order valence-corrected chi connectivity index (χ2v) is 8.43. The molecule has 2 aromatic rings. The molecule has 0 aliphatic carbocycles. The number of carbonyl (C=O) groups is 1. The Morgan fingerprint density at radius 2 is 1.78 bits per heavy atom. The van der Waals surface area contributed by atoms with Crippen LogP contribution in [0.2, 0.25) is 0 Å². The van der Waals surface area contributed by atoms with Gasteiger partial charge in [-0.1, -0.05) is 43.3 Å². The number of rotatable bonds is 8. The summed E-state index contributed by atoms with van der Waals surface area (Å²) in [6.07, 6.45) is 1.82. The van der Waals surface area contributed by atoms with E-state index < -0.39 is 15.8 Å². The molecule has 2 rings (SSSR count). The quantitative estimate of drug-likeness (QED) is 0.748. The van der Waals surface area contributed by atoms with Crippen LogP contribution in [-0.2, 0) is 27.8 Å². The van der Waals surface area contributed by atoms with Crippen molar-refractivity contribution in [2.24, 2.45) is 0 Å². The van der Waals surface area contributed by atoms with Gasteiger partial charge in [0.15, 0.2) is 0 Å². The van der Waals surface area contributed by atoms with Crippen LogP contribution in [0.4, 0.5) is 10.1 Å². The van der Waals surface area contributed by atoms with Crippen molar-refractivity contribution in [3.05, 3.63) is 65.0 Å². The minimum absolute atomic E-state index is 0.0149. The Hall–Kier alpha value is -2.25. The average molecular weight is 392 g/mol. The van der Waals surface area contributed by atoms with Gasteiger partial charge in [-0.05, 0) is 30.5 Å². The second-order valence-electron chi connectivity index (χ2n) is 6.45. The number of para-hydroxylation sites is 1. The number of sulfonamides is 1. The molecule has 0 heterocycles.